The largest absolute Gasteiger partial charge is 0.385 e. The van der Waals surface area contributed by atoms with Crippen molar-refractivity contribution in [1.82, 2.24) is 0 Å². The summed E-state index contributed by atoms with van der Waals surface area (Å²) in [5, 5.41) is 10.7. The van der Waals surface area contributed by atoms with Crippen molar-refractivity contribution in [2.24, 2.45) is 0 Å². The number of rotatable bonds is 0. The first-order valence-electron chi connectivity index (χ1n) is 7.96. The smallest absolute Gasteiger partial charge is 0.224 e. The van der Waals surface area contributed by atoms with Gasteiger partial charge in [0.25, 0.3) is 0 Å². The lowest BCUT2D eigenvalue weighted by Crippen LogP contribution is -2.62. The molecule has 1 saturated carbocycles. The van der Waals surface area contributed by atoms with E-state index < -0.39 is 29.6 Å². The highest BCUT2D eigenvalue weighted by Gasteiger charge is 2.63. The highest BCUT2D eigenvalue weighted by atomic mass is 16.9. The summed E-state index contributed by atoms with van der Waals surface area (Å²) >= 11 is 0. The predicted molar refractivity (Wildman–Crippen MR) is 71.4 cm³/mol. The molecule has 0 amide bonds. The van der Waals surface area contributed by atoms with Crippen LogP contribution in [0.25, 0.3) is 0 Å². The molecule has 1 N–H and O–H groups in total. The van der Waals surface area contributed by atoms with Gasteiger partial charge in [0.05, 0.1) is 6.61 Å². The fourth-order valence-corrected chi connectivity index (χ4v) is 3.98. The van der Waals surface area contributed by atoms with Gasteiger partial charge in [0.15, 0.2) is 11.6 Å². The number of hydrogen-bond acceptors (Lipinski definition) is 6. The van der Waals surface area contributed by atoms with Crippen LogP contribution in [0.3, 0.4) is 0 Å². The molecule has 2 spiro atoms. The fourth-order valence-electron chi connectivity index (χ4n) is 3.98. The molecule has 0 aromatic carbocycles. The summed E-state index contributed by atoms with van der Waals surface area (Å²) in [6.45, 7) is 4.30. The number of fused-ring (bicyclic) bond motifs is 1. The maximum Gasteiger partial charge on any atom is 0.224 e. The van der Waals surface area contributed by atoms with Crippen LogP contribution in [0.2, 0.25) is 0 Å². The Balaban J connectivity index is 1.54. The van der Waals surface area contributed by atoms with Gasteiger partial charge in [-0.15, -0.1) is 0 Å². The Hall–Kier alpha value is -0.240. The minimum absolute atomic E-state index is 0.251. The maximum absolute atomic E-state index is 10.7. The van der Waals surface area contributed by atoms with Crippen LogP contribution in [0.15, 0.2) is 0 Å². The van der Waals surface area contributed by atoms with Gasteiger partial charge in [-0.1, -0.05) is 6.42 Å². The SMILES string of the molecule is CC1(C)O[C@@H]2[C@@H](CO[C@]3(COC4(CCCCC4)O3)[C@H]2O)O1. The average molecular weight is 300 g/mol. The molecule has 0 bridgehead atoms. The van der Waals surface area contributed by atoms with Gasteiger partial charge in [0.1, 0.15) is 24.9 Å². The molecule has 6 nitrogen and oxygen atoms in total. The summed E-state index contributed by atoms with van der Waals surface area (Å²) < 4.78 is 29.6. The van der Waals surface area contributed by atoms with E-state index in [4.69, 9.17) is 23.7 Å². The zero-order valence-electron chi connectivity index (χ0n) is 12.7. The number of aliphatic hydroxyl groups excluding tert-OH is 1. The lowest BCUT2D eigenvalue weighted by atomic mass is 9.94. The summed E-state index contributed by atoms with van der Waals surface area (Å²) in [6, 6.07) is 0. The Morgan fingerprint density at radius 3 is 2.52 bits per heavy atom. The molecule has 3 saturated heterocycles. The van der Waals surface area contributed by atoms with Crippen molar-refractivity contribution >= 4 is 0 Å². The van der Waals surface area contributed by atoms with E-state index in [-0.39, 0.29) is 12.7 Å². The number of ether oxygens (including phenoxy) is 5. The van der Waals surface area contributed by atoms with Crippen LogP contribution in [-0.2, 0) is 23.7 Å². The van der Waals surface area contributed by atoms with E-state index in [2.05, 4.69) is 0 Å². The maximum atomic E-state index is 10.7. The van der Waals surface area contributed by atoms with Crippen molar-refractivity contribution in [2.45, 2.75) is 81.6 Å². The predicted octanol–water partition coefficient (Wildman–Crippen LogP) is 1.30. The molecule has 4 rings (SSSR count). The second kappa shape index (κ2) is 4.63. The molecule has 0 unspecified atom stereocenters. The molecule has 3 heterocycles. The van der Waals surface area contributed by atoms with E-state index >= 15 is 0 Å². The van der Waals surface area contributed by atoms with E-state index in [0.717, 1.165) is 25.7 Å². The van der Waals surface area contributed by atoms with Gasteiger partial charge >= 0.3 is 0 Å². The van der Waals surface area contributed by atoms with Crippen LogP contribution >= 0.6 is 0 Å². The third kappa shape index (κ3) is 2.24. The Morgan fingerprint density at radius 2 is 1.76 bits per heavy atom. The third-order valence-electron chi connectivity index (χ3n) is 4.99. The molecule has 120 valence electrons. The highest BCUT2D eigenvalue weighted by molar-refractivity contribution is 5.02. The molecule has 21 heavy (non-hydrogen) atoms. The molecular formula is C15H24O6. The molecule has 4 fully saturated rings. The standard InChI is InChI=1S/C15H24O6/c1-13(2)19-10-8-17-15(12(16)11(10)20-13)9-18-14(21-15)6-4-3-5-7-14/h10-12,16H,3-9H2,1-2H3/t10-,11-,12+,15+/m1/s1. The van der Waals surface area contributed by atoms with Crippen molar-refractivity contribution in [3.8, 4) is 0 Å². The van der Waals surface area contributed by atoms with Gasteiger partial charge in [-0.3, -0.25) is 0 Å². The van der Waals surface area contributed by atoms with Gasteiger partial charge in [0, 0.05) is 12.8 Å². The first-order valence-corrected chi connectivity index (χ1v) is 7.96. The Labute approximate surface area is 124 Å². The first kappa shape index (κ1) is 14.4. The van der Waals surface area contributed by atoms with E-state index in [1.54, 1.807) is 0 Å². The van der Waals surface area contributed by atoms with Crippen LogP contribution in [0, 0.1) is 0 Å². The summed E-state index contributed by atoms with van der Waals surface area (Å²) in [4.78, 5) is 0. The van der Waals surface area contributed by atoms with Crippen LogP contribution in [-0.4, -0.2) is 54.0 Å². The second-order valence-electron chi connectivity index (χ2n) is 7.07. The van der Waals surface area contributed by atoms with Crippen LogP contribution in [0.5, 0.6) is 0 Å². The fraction of sp³-hybridized carbons (Fsp3) is 1.00. The molecule has 4 atom stereocenters. The zero-order chi connectivity index (χ0) is 14.7. The Bertz CT molecular complexity index is 418. The molecule has 6 heteroatoms. The lowest BCUT2D eigenvalue weighted by Gasteiger charge is -2.42. The molecule has 4 aliphatic rings. The van der Waals surface area contributed by atoms with Crippen molar-refractivity contribution in [1.29, 1.82) is 0 Å². The molecular weight excluding hydrogens is 276 g/mol. The highest BCUT2D eigenvalue weighted by Crippen LogP contribution is 2.47. The normalized spacial score (nSPS) is 47.9. The van der Waals surface area contributed by atoms with Gasteiger partial charge in [-0.05, 0) is 26.7 Å². The Kier molecular flexibility index (Phi) is 3.17. The van der Waals surface area contributed by atoms with Gasteiger partial charge in [0.2, 0.25) is 5.79 Å². The molecule has 0 radical (unpaired) electrons. The first-order chi connectivity index (χ1) is 9.94. The minimum Gasteiger partial charge on any atom is -0.385 e. The molecule has 0 aromatic heterocycles. The molecule has 3 aliphatic heterocycles. The van der Waals surface area contributed by atoms with Crippen molar-refractivity contribution in [2.75, 3.05) is 13.2 Å². The summed E-state index contributed by atoms with van der Waals surface area (Å²) in [7, 11) is 0. The van der Waals surface area contributed by atoms with Crippen LogP contribution in [0.4, 0.5) is 0 Å². The van der Waals surface area contributed by atoms with E-state index in [9.17, 15) is 5.11 Å². The van der Waals surface area contributed by atoms with Crippen molar-refractivity contribution < 1.29 is 28.8 Å². The quantitative estimate of drug-likeness (QED) is 0.727. The zero-order valence-corrected chi connectivity index (χ0v) is 12.7. The molecule has 1 aliphatic carbocycles. The van der Waals surface area contributed by atoms with E-state index in [0.29, 0.717) is 6.61 Å². The van der Waals surface area contributed by atoms with E-state index in [1.807, 2.05) is 13.8 Å². The summed E-state index contributed by atoms with van der Waals surface area (Å²) in [6.07, 6.45) is 3.52. The van der Waals surface area contributed by atoms with Crippen molar-refractivity contribution in [3.63, 3.8) is 0 Å². The second-order valence-corrected chi connectivity index (χ2v) is 7.07. The van der Waals surface area contributed by atoms with Crippen molar-refractivity contribution in [3.05, 3.63) is 0 Å². The topological polar surface area (TPSA) is 66.4 Å². The Morgan fingerprint density at radius 1 is 1.00 bits per heavy atom. The van der Waals surface area contributed by atoms with Gasteiger partial charge < -0.3 is 28.8 Å². The van der Waals surface area contributed by atoms with Gasteiger partial charge in [-0.25, -0.2) is 0 Å². The van der Waals surface area contributed by atoms with Crippen LogP contribution in [0.1, 0.15) is 46.0 Å². The minimum atomic E-state index is -1.11. The van der Waals surface area contributed by atoms with E-state index in [1.165, 1.54) is 6.42 Å². The summed E-state index contributed by atoms with van der Waals surface area (Å²) in [5.74, 6) is -2.39. The molecule has 0 aromatic rings. The summed E-state index contributed by atoms with van der Waals surface area (Å²) in [5.41, 5.74) is 0. The monoisotopic (exact) mass is 300 g/mol. The number of aliphatic hydroxyl groups is 1. The third-order valence-corrected chi connectivity index (χ3v) is 4.99. The van der Waals surface area contributed by atoms with Crippen LogP contribution < -0.4 is 0 Å². The van der Waals surface area contributed by atoms with Gasteiger partial charge in [-0.2, -0.15) is 0 Å². The number of hydrogen-bond donors (Lipinski definition) is 1. The lowest BCUT2D eigenvalue weighted by molar-refractivity contribution is -0.336. The average Bonchev–Trinajstić information content (AvgIpc) is 2.95.